The van der Waals surface area contributed by atoms with E-state index in [1.807, 2.05) is 60.7 Å². The molecule has 0 aliphatic rings. The minimum atomic E-state index is -0.205. The van der Waals surface area contributed by atoms with Crippen LogP contribution in [0.3, 0.4) is 0 Å². The predicted octanol–water partition coefficient (Wildman–Crippen LogP) is 5.16. The smallest absolute Gasteiger partial charge is 0.282 e. The standard InChI is InChI=1S/C22H15I2N3O2/c1-29-20-17(23)11-14(12-18(20)24)13-25-27-21(15-7-3-2-4-8-15)26-19-10-6-5-9-16(19)22(27)28/h2-13H,1H3. The normalized spacial score (nSPS) is 11.3. The second-order valence-corrected chi connectivity index (χ2v) is 8.52. The molecule has 4 aromatic rings. The van der Waals surface area contributed by atoms with Crippen molar-refractivity contribution in [2.75, 3.05) is 7.11 Å². The topological polar surface area (TPSA) is 56.5 Å². The molecule has 0 saturated heterocycles. The Morgan fingerprint density at radius 3 is 2.34 bits per heavy atom. The van der Waals surface area contributed by atoms with E-state index in [1.54, 1.807) is 19.4 Å². The van der Waals surface area contributed by atoms with Gasteiger partial charge in [-0.3, -0.25) is 4.79 Å². The first-order valence-electron chi connectivity index (χ1n) is 8.73. The van der Waals surface area contributed by atoms with Gasteiger partial charge in [-0.05, 0) is 75.0 Å². The average Bonchev–Trinajstić information content (AvgIpc) is 2.73. The van der Waals surface area contributed by atoms with Gasteiger partial charge >= 0.3 is 0 Å². The van der Waals surface area contributed by atoms with Crippen LogP contribution < -0.4 is 10.3 Å². The number of rotatable bonds is 4. The Hall–Kier alpha value is -2.27. The summed E-state index contributed by atoms with van der Waals surface area (Å²) >= 11 is 4.46. The highest BCUT2D eigenvalue weighted by molar-refractivity contribution is 14.1. The van der Waals surface area contributed by atoms with E-state index >= 15 is 0 Å². The summed E-state index contributed by atoms with van der Waals surface area (Å²) in [5.74, 6) is 1.33. The molecular weight excluding hydrogens is 592 g/mol. The summed E-state index contributed by atoms with van der Waals surface area (Å²) in [6.07, 6.45) is 1.67. The van der Waals surface area contributed by atoms with Crippen LogP contribution in [-0.2, 0) is 0 Å². The zero-order valence-electron chi connectivity index (χ0n) is 15.3. The molecule has 0 aliphatic carbocycles. The molecule has 5 nitrogen and oxygen atoms in total. The summed E-state index contributed by atoms with van der Waals surface area (Å²) in [6.45, 7) is 0. The lowest BCUT2D eigenvalue weighted by atomic mass is 10.2. The van der Waals surface area contributed by atoms with Crippen molar-refractivity contribution in [3.63, 3.8) is 0 Å². The molecule has 0 radical (unpaired) electrons. The van der Waals surface area contributed by atoms with Crippen LogP contribution in [0.4, 0.5) is 0 Å². The molecule has 144 valence electrons. The first-order chi connectivity index (χ1) is 14.1. The third kappa shape index (κ3) is 4.06. The van der Waals surface area contributed by atoms with Gasteiger partial charge in [0.05, 0.1) is 31.4 Å². The van der Waals surface area contributed by atoms with E-state index in [0.29, 0.717) is 16.7 Å². The average molecular weight is 607 g/mol. The molecule has 4 rings (SSSR count). The second-order valence-electron chi connectivity index (χ2n) is 6.20. The Morgan fingerprint density at radius 2 is 1.66 bits per heavy atom. The van der Waals surface area contributed by atoms with Crippen molar-refractivity contribution in [2.24, 2.45) is 5.10 Å². The van der Waals surface area contributed by atoms with Crippen molar-refractivity contribution >= 4 is 62.3 Å². The van der Waals surface area contributed by atoms with E-state index in [4.69, 9.17) is 9.72 Å². The fourth-order valence-corrected chi connectivity index (χ4v) is 5.24. The quantitative estimate of drug-likeness (QED) is 0.238. The molecule has 0 fully saturated rings. The van der Waals surface area contributed by atoms with Crippen LogP contribution in [0.25, 0.3) is 22.3 Å². The fraction of sp³-hybridized carbons (Fsp3) is 0.0455. The van der Waals surface area contributed by atoms with Gasteiger partial charge < -0.3 is 4.74 Å². The zero-order chi connectivity index (χ0) is 20.4. The van der Waals surface area contributed by atoms with Crippen LogP contribution in [0.2, 0.25) is 0 Å². The van der Waals surface area contributed by atoms with Crippen molar-refractivity contribution in [1.82, 2.24) is 9.66 Å². The largest absolute Gasteiger partial charge is 0.495 e. The summed E-state index contributed by atoms with van der Waals surface area (Å²) in [5.41, 5.74) is 2.14. The van der Waals surface area contributed by atoms with Crippen molar-refractivity contribution in [3.05, 3.63) is 89.8 Å². The Balaban J connectivity index is 1.90. The predicted molar refractivity (Wildman–Crippen MR) is 133 cm³/mol. The first kappa shape index (κ1) is 20.0. The van der Waals surface area contributed by atoms with Gasteiger partial charge in [0.25, 0.3) is 5.56 Å². The van der Waals surface area contributed by atoms with Gasteiger partial charge in [-0.15, -0.1) is 0 Å². The van der Waals surface area contributed by atoms with Crippen LogP contribution in [0, 0.1) is 7.14 Å². The maximum Gasteiger partial charge on any atom is 0.282 e. The van der Waals surface area contributed by atoms with Crippen LogP contribution in [0.15, 0.2) is 76.6 Å². The number of para-hydroxylation sites is 1. The van der Waals surface area contributed by atoms with Crippen molar-refractivity contribution < 1.29 is 4.74 Å². The van der Waals surface area contributed by atoms with Gasteiger partial charge in [0, 0.05) is 5.56 Å². The van der Waals surface area contributed by atoms with Gasteiger partial charge in [0.2, 0.25) is 0 Å². The summed E-state index contributed by atoms with van der Waals surface area (Å²) in [6, 6.07) is 20.8. The molecule has 7 heteroatoms. The Kier molecular flexibility index (Phi) is 5.95. The van der Waals surface area contributed by atoms with Gasteiger partial charge in [-0.25, -0.2) is 4.98 Å². The molecule has 0 amide bonds. The minimum Gasteiger partial charge on any atom is -0.495 e. The third-order valence-corrected chi connectivity index (χ3v) is 5.94. The number of ether oxygens (including phenoxy) is 1. The number of benzene rings is 3. The maximum absolute atomic E-state index is 13.2. The lowest BCUT2D eigenvalue weighted by Crippen LogP contribution is -2.20. The molecule has 1 aromatic heterocycles. The molecule has 0 bridgehead atoms. The molecule has 29 heavy (non-hydrogen) atoms. The van der Waals surface area contributed by atoms with Crippen molar-refractivity contribution in [2.45, 2.75) is 0 Å². The van der Waals surface area contributed by atoms with E-state index in [-0.39, 0.29) is 5.56 Å². The second kappa shape index (κ2) is 8.62. The van der Waals surface area contributed by atoms with Crippen molar-refractivity contribution in [1.29, 1.82) is 0 Å². The Morgan fingerprint density at radius 1 is 1.00 bits per heavy atom. The van der Waals surface area contributed by atoms with Crippen LogP contribution in [0.5, 0.6) is 5.75 Å². The minimum absolute atomic E-state index is 0.205. The van der Waals surface area contributed by atoms with Gasteiger partial charge in [0.1, 0.15) is 5.75 Å². The Labute approximate surface area is 194 Å². The molecule has 0 N–H and O–H groups in total. The Bertz CT molecular complexity index is 1260. The number of aromatic nitrogens is 2. The molecule has 0 saturated carbocycles. The maximum atomic E-state index is 13.2. The third-order valence-electron chi connectivity index (χ3n) is 4.33. The summed E-state index contributed by atoms with van der Waals surface area (Å²) < 4.78 is 8.73. The van der Waals surface area contributed by atoms with E-state index in [1.165, 1.54) is 4.68 Å². The highest BCUT2D eigenvalue weighted by Gasteiger charge is 2.12. The number of fused-ring (bicyclic) bond motifs is 1. The number of methoxy groups -OCH3 is 1. The number of nitrogens with zero attached hydrogens (tertiary/aromatic N) is 3. The van der Waals surface area contributed by atoms with Crippen LogP contribution in [-0.4, -0.2) is 23.0 Å². The lowest BCUT2D eigenvalue weighted by molar-refractivity contribution is 0.409. The van der Waals surface area contributed by atoms with E-state index < -0.39 is 0 Å². The SMILES string of the molecule is COc1c(I)cc(C=Nn2c(-c3ccccc3)nc3ccccc3c2=O)cc1I. The molecular formula is C22H15I2N3O2. The number of hydrogen-bond donors (Lipinski definition) is 0. The monoisotopic (exact) mass is 607 g/mol. The van der Waals surface area contributed by atoms with E-state index in [2.05, 4.69) is 50.3 Å². The number of hydrogen-bond acceptors (Lipinski definition) is 4. The molecule has 0 unspecified atom stereocenters. The molecule has 1 heterocycles. The molecule has 0 aliphatic heterocycles. The molecule has 0 spiro atoms. The first-order valence-corrected chi connectivity index (χ1v) is 10.9. The van der Waals surface area contributed by atoms with Gasteiger partial charge in [0.15, 0.2) is 5.82 Å². The van der Waals surface area contributed by atoms with E-state index in [0.717, 1.165) is 24.0 Å². The van der Waals surface area contributed by atoms with Crippen molar-refractivity contribution in [3.8, 4) is 17.1 Å². The summed E-state index contributed by atoms with van der Waals surface area (Å²) in [4.78, 5) is 17.9. The van der Waals surface area contributed by atoms with E-state index in [9.17, 15) is 4.79 Å². The van der Waals surface area contributed by atoms with Crippen LogP contribution in [0.1, 0.15) is 5.56 Å². The van der Waals surface area contributed by atoms with Gasteiger partial charge in [-0.1, -0.05) is 42.5 Å². The highest BCUT2D eigenvalue weighted by Crippen LogP contribution is 2.28. The summed E-state index contributed by atoms with van der Waals surface area (Å²) in [5, 5.41) is 5.04. The zero-order valence-corrected chi connectivity index (χ0v) is 19.7. The van der Waals surface area contributed by atoms with Gasteiger partial charge in [-0.2, -0.15) is 9.78 Å². The van der Waals surface area contributed by atoms with Crippen LogP contribution >= 0.6 is 45.2 Å². The molecule has 0 atom stereocenters. The fourth-order valence-electron chi connectivity index (χ4n) is 2.98. The highest BCUT2D eigenvalue weighted by atomic mass is 127. The summed E-state index contributed by atoms with van der Waals surface area (Å²) in [7, 11) is 1.65. The lowest BCUT2D eigenvalue weighted by Gasteiger charge is -2.10. The molecule has 3 aromatic carbocycles. The number of halogens is 2.